The van der Waals surface area contributed by atoms with E-state index in [1.54, 1.807) is 0 Å². The third-order valence-electron chi connectivity index (χ3n) is 1.10. The van der Waals surface area contributed by atoms with E-state index in [2.05, 4.69) is 4.98 Å². The Labute approximate surface area is 56.6 Å². The van der Waals surface area contributed by atoms with Gasteiger partial charge in [-0.1, -0.05) is 0 Å². The Balaban J connectivity index is 3.15. The van der Waals surface area contributed by atoms with Crippen LogP contribution in [0, 0.1) is 0 Å². The van der Waals surface area contributed by atoms with E-state index in [0.29, 0.717) is 0 Å². The first-order valence-electron chi connectivity index (χ1n) is 2.58. The number of hydrogen-bond donors (Lipinski definition) is 4. The number of carboxylic acids is 1. The van der Waals surface area contributed by atoms with E-state index in [1.807, 2.05) is 0 Å². The van der Waals surface area contributed by atoms with Crippen molar-refractivity contribution in [1.29, 1.82) is 0 Å². The smallest absolute Gasteiger partial charge is 0.339 e. The lowest BCUT2D eigenvalue weighted by atomic mass is 10.3. The quantitative estimate of drug-likeness (QED) is 0.437. The zero-order valence-electron chi connectivity index (χ0n) is 5.09. The molecule has 0 spiro atoms. The van der Waals surface area contributed by atoms with Crippen molar-refractivity contribution >= 4 is 17.6 Å². The van der Waals surface area contributed by atoms with Gasteiger partial charge >= 0.3 is 5.97 Å². The van der Waals surface area contributed by atoms with E-state index >= 15 is 0 Å². The zero-order valence-corrected chi connectivity index (χ0v) is 5.09. The molecule has 0 amide bonds. The minimum absolute atomic E-state index is 0.0116. The number of aromatic amines is 1. The summed E-state index contributed by atoms with van der Waals surface area (Å²) in [4.78, 5) is 12.7. The Kier molecular flexibility index (Phi) is 1.26. The molecule has 0 aliphatic rings. The molecule has 0 aromatic carbocycles. The van der Waals surface area contributed by atoms with E-state index in [0.717, 1.165) is 0 Å². The van der Waals surface area contributed by atoms with Crippen LogP contribution in [0.25, 0.3) is 0 Å². The van der Waals surface area contributed by atoms with Crippen LogP contribution in [-0.2, 0) is 0 Å². The van der Waals surface area contributed by atoms with E-state index in [9.17, 15) is 4.79 Å². The first-order valence-corrected chi connectivity index (χ1v) is 2.58. The Bertz CT molecular complexity index is 266. The van der Waals surface area contributed by atoms with Crippen molar-refractivity contribution in [3.63, 3.8) is 0 Å². The van der Waals surface area contributed by atoms with Crippen LogP contribution in [0.4, 0.5) is 11.6 Å². The van der Waals surface area contributed by atoms with E-state index < -0.39 is 5.97 Å². The van der Waals surface area contributed by atoms with E-state index in [-0.39, 0.29) is 17.2 Å². The average Bonchev–Trinajstić information content (AvgIpc) is 2.10. The van der Waals surface area contributed by atoms with Gasteiger partial charge in [0.25, 0.3) is 0 Å². The standard InChI is InChI=1S/C5H7N3O2/c6-3-1-2(5(9)10)4(7)8-3/h1,8H,6-7H2,(H,9,10). The van der Waals surface area contributed by atoms with Crippen LogP contribution < -0.4 is 11.5 Å². The number of anilines is 2. The summed E-state index contributed by atoms with van der Waals surface area (Å²) in [5.74, 6) is -0.731. The summed E-state index contributed by atoms with van der Waals surface area (Å²) in [6, 6.07) is 1.28. The van der Waals surface area contributed by atoms with Gasteiger partial charge in [0.15, 0.2) is 0 Å². The monoisotopic (exact) mass is 141 g/mol. The summed E-state index contributed by atoms with van der Waals surface area (Å²) in [6.07, 6.45) is 0. The molecule has 5 heteroatoms. The Hall–Kier alpha value is -1.65. The van der Waals surface area contributed by atoms with Crippen molar-refractivity contribution < 1.29 is 9.90 Å². The first-order chi connectivity index (χ1) is 4.61. The summed E-state index contributed by atoms with van der Waals surface area (Å²) in [5, 5.41) is 8.42. The summed E-state index contributed by atoms with van der Waals surface area (Å²) >= 11 is 0. The van der Waals surface area contributed by atoms with Gasteiger partial charge in [-0.05, 0) is 6.07 Å². The highest BCUT2D eigenvalue weighted by Gasteiger charge is 2.09. The maximum absolute atomic E-state index is 10.3. The lowest BCUT2D eigenvalue weighted by Gasteiger charge is -1.87. The largest absolute Gasteiger partial charge is 0.478 e. The van der Waals surface area contributed by atoms with Crippen molar-refractivity contribution in [3.8, 4) is 0 Å². The topological polar surface area (TPSA) is 105 Å². The molecule has 0 radical (unpaired) electrons. The van der Waals surface area contributed by atoms with Gasteiger partial charge in [0.05, 0.1) is 0 Å². The highest BCUT2D eigenvalue weighted by molar-refractivity contribution is 5.94. The molecule has 1 heterocycles. The lowest BCUT2D eigenvalue weighted by molar-refractivity contribution is 0.0698. The Morgan fingerprint density at radius 1 is 1.60 bits per heavy atom. The molecule has 0 aliphatic heterocycles. The predicted molar refractivity (Wildman–Crippen MR) is 36.6 cm³/mol. The van der Waals surface area contributed by atoms with Crippen molar-refractivity contribution in [3.05, 3.63) is 11.6 Å². The van der Waals surface area contributed by atoms with Crippen LogP contribution in [-0.4, -0.2) is 16.1 Å². The van der Waals surface area contributed by atoms with Gasteiger partial charge in [-0.3, -0.25) is 0 Å². The molecule has 6 N–H and O–H groups in total. The molecule has 0 saturated carbocycles. The molecule has 0 bridgehead atoms. The number of H-pyrrole nitrogens is 1. The zero-order chi connectivity index (χ0) is 7.72. The molecule has 0 aliphatic carbocycles. The van der Waals surface area contributed by atoms with Crippen LogP contribution in [0.1, 0.15) is 10.4 Å². The molecular weight excluding hydrogens is 134 g/mol. The summed E-state index contributed by atoms with van der Waals surface area (Å²) in [7, 11) is 0. The number of aromatic carboxylic acids is 1. The predicted octanol–water partition coefficient (Wildman–Crippen LogP) is -0.123. The molecule has 54 valence electrons. The van der Waals surface area contributed by atoms with Gasteiger partial charge in [0, 0.05) is 0 Å². The number of nitrogen functional groups attached to an aromatic ring is 2. The number of aromatic nitrogens is 1. The number of nitrogens with two attached hydrogens (primary N) is 2. The van der Waals surface area contributed by atoms with E-state index in [1.165, 1.54) is 6.07 Å². The highest BCUT2D eigenvalue weighted by Crippen LogP contribution is 2.13. The second-order valence-electron chi connectivity index (χ2n) is 1.86. The Morgan fingerprint density at radius 3 is 2.40 bits per heavy atom. The molecule has 1 aromatic heterocycles. The maximum Gasteiger partial charge on any atom is 0.339 e. The van der Waals surface area contributed by atoms with Crippen LogP contribution in [0.3, 0.4) is 0 Å². The van der Waals surface area contributed by atoms with Gasteiger partial charge in [0.1, 0.15) is 17.2 Å². The van der Waals surface area contributed by atoms with Crippen LogP contribution in [0.2, 0.25) is 0 Å². The SMILES string of the molecule is Nc1cc(C(=O)O)c(N)[nH]1. The molecule has 1 aromatic rings. The average molecular weight is 141 g/mol. The summed E-state index contributed by atoms with van der Waals surface area (Å²) in [6.45, 7) is 0. The highest BCUT2D eigenvalue weighted by atomic mass is 16.4. The van der Waals surface area contributed by atoms with Gasteiger partial charge in [0.2, 0.25) is 0 Å². The normalized spacial score (nSPS) is 9.60. The van der Waals surface area contributed by atoms with E-state index in [4.69, 9.17) is 16.6 Å². The maximum atomic E-state index is 10.3. The van der Waals surface area contributed by atoms with Gasteiger partial charge < -0.3 is 21.6 Å². The van der Waals surface area contributed by atoms with Crippen LogP contribution in [0.5, 0.6) is 0 Å². The molecule has 0 unspecified atom stereocenters. The van der Waals surface area contributed by atoms with Crippen molar-refractivity contribution in [1.82, 2.24) is 4.98 Å². The minimum Gasteiger partial charge on any atom is -0.478 e. The van der Waals surface area contributed by atoms with Gasteiger partial charge in [-0.25, -0.2) is 4.79 Å². The van der Waals surface area contributed by atoms with Crippen molar-refractivity contribution in [2.75, 3.05) is 11.5 Å². The second kappa shape index (κ2) is 1.94. The van der Waals surface area contributed by atoms with Crippen molar-refractivity contribution in [2.45, 2.75) is 0 Å². The number of carbonyl (C=O) groups is 1. The molecule has 1 rings (SSSR count). The summed E-state index contributed by atoms with van der Waals surface area (Å²) in [5.41, 5.74) is 10.5. The number of nitrogens with one attached hydrogen (secondary N) is 1. The number of rotatable bonds is 1. The minimum atomic E-state index is -1.08. The van der Waals surface area contributed by atoms with Crippen LogP contribution in [0.15, 0.2) is 6.07 Å². The molecule has 5 nitrogen and oxygen atoms in total. The van der Waals surface area contributed by atoms with Crippen molar-refractivity contribution in [2.24, 2.45) is 0 Å². The number of carboxylic acid groups (broad SMARTS) is 1. The third-order valence-corrected chi connectivity index (χ3v) is 1.10. The third kappa shape index (κ3) is 0.883. The molecule has 10 heavy (non-hydrogen) atoms. The second-order valence-corrected chi connectivity index (χ2v) is 1.86. The van der Waals surface area contributed by atoms with Gasteiger partial charge in [-0.15, -0.1) is 0 Å². The Morgan fingerprint density at radius 2 is 2.20 bits per heavy atom. The molecule has 0 atom stereocenters. The number of hydrogen-bond acceptors (Lipinski definition) is 3. The fraction of sp³-hybridized carbons (Fsp3) is 0. The molecule has 0 saturated heterocycles. The fourth-order valence-electron chi connectivity index (χ4n) is 0.669. The summed E-state index contributed by atoms with van der Waals surface area (Å²) < 4.78 is 0. The molecular formula is C5H7N3O2. The van der Waals surface area contributed by atoms with Crippen LogP contribution >= 0.6 is 0 Å². The lowest BCUT2D eigenvalue weighted by Crippen LogP contribution is -1.98. The first kappa shape index (κ1) is 6.47. The fourth-order valence-corrected chi connectivity index (χ4v) is 0.669. The molecule has 0 fully saturated rings. The van der Waals surface area contributed by atoms with Gasteiger partial charge in [-0.2, -0.15) is 0 Å².